The molecule has 0 saturated carbocycles. The number of para-hydroxylation sites is 1. The Morgan fingerprint density at radius 2 is 1.93 bits per heavy atom. The summed E-state index contributed by atoms with van der Waals surface area (Å²) in [5.74, 6) is 0.393. The van der Waals surface area contributed by atoms with Crippen LogP contribution in [0.3, 0.4) is 0 Å². The van der Waals surface area contributed by atoms with E-state index in [1.807, 2.05) is 49.5 Å². The number of halogens is 1. The minimum Gasteiger partial charge on any atom is -0.497 e. The molecule has 2 aromatic rings. The first kappa shape index (κ1) is 19.2. The highest BCUT2D eigenvalue weighted by Gasteiger charge is 2.34. The molecule has 3 rings (SSSR count). The molecule has 0 radical (unpaired) electrons. The lowest BCUT2D eigenvalue weighted by Crippen LogP contribution is -2.50. The van der Waals surface area contributed by atoms with Gasteiger partial charge in [0.2, 0.25) is 5.91 Å². The number of anilines is 2. The second-order valence-corrected chi connectivity index (χ2v) is 7.17. The maximum Gasteiger partial charge on any atom is 0.251 e. The number of ether oxygens (including phenoxy) is 1. The molecule has 7 heteroatoms. The van der Waals surface area contributed by atoms with E-state index in [1.165, 1.54) is 4.90 Å². The number of benzene rings is 2. The Kier molecular flexibility index (Phi) is 6.01. The topological polar surface area (TPSA) is 70.7 Å². The molecule has 0 bridgehead atoms. The van der Waals surface area contributed by atoms with Crippen molar-refractivity contribution in [3.8, 4) is 5.75 Å². The molecule has 1 atom stereocenters. The molecule has 1 aliphatic heterocycles. The van der Waals surface area contributed by atoms with Crippen molar-refractivity contribution in [3.05, 3.63) is 52.5 Å². The quantitative estimate of drug-likeness (QED) is 0.683. The number of likely N-dealkylation sites (tertiary alicyclic amines) is 1. The first-order chi connectivity index (χ1) is 13.0. The number of methoxy groups -OCH3 is 1. The lowest BCUT2D eigenvalue weighted by molar-refractivity contribution is -0.149. The van der Waals surface area contributed by atoms with Crippen LogP contribution in [0.15, 0.2) is 46.9 Å². The molecule has 2 amide bonds. The van der Waals surface area contributed by atoms with Gasteiger partial charge in [-0.3, -0.25) is 14.5 Å². The normalized spacial score (nSPS) is 17.0. The Morgan fingerprint density at radius 3 is 2.59 bits per heavy atom. The zero-order chi connectivity index (χ0) is 19.4. The molecular formula is C20H22BrN3O3. The molecule has 1 fully saturated rings. The highest BCUT2D eigenvalue weighted by molar-refractivity contribution is 9.10. The highest BCUT2D eigenvalue weighted by Crippen LogP contribution is 2.32. The lowest BCUT2D eigenvalue weighted by Gasteiger charge is -2.32. The zero-order valence-corrected chi connectivity index (χ0v) is 16.9. The van der Waals surface area contributed by atoms with Gasteiger partial charge in [0.05, 0.1) is 25.0 Å². The van der Waals surface area contributed by atoms with Crippen LogP contribution in [0.1, 0.15) is 18.4 Å². The Labute approximate surface area is 167 Å². The molecule has 1 aliphatic rings. The van der Waals surface area contributed by atoms with E-state index in [9.17, 15) is 9.59 Å². The van der Waals surface area contributed by atoms with E-state index in [-0.39, 0.29) is 18.4 Å². The Hall–Kier alpha value is -2.54. The van der Waals surface area contributed by atoms with Crippen molar-refractivity contribution in [3.63, 3.8) is 0 Å². The first-order valence-electron chi connectivity index (χ1n) is 8.73. The van der Waals surface area contributed by atoms with Crippen molar-refractivity contribution in [2.45, 2.75) is 25.4 Å². The standard InChI is InChI=1S/C20H22BrN3O3/c1-22-19-15(21)4-3-5-16(19)23-17-10-11-18(25)24(20(17)26)12-13-6-8-14(27-2)9-7-13/h3-9,17,22-23H,10-12H2,1-2H3. The third kappa shape index (κ3) is 4.24. The van der Waals surface area contributed by atoms with E-state index in [2.05, 4.69) is 26.6 Å². The average molecular weight is 432 g/mol. The lowest BCUT2D eigenvalue weighted by atomic mass is 10.0. The average Bonchev–Trinajstić information content (AvgIpc) is 2.68. The molecule has 0 aromatic heterocycles. The molecule has 6 nitrogen and oxygen atoms in total. The maximum absolute atomic E-state index is 12.9. The second-order valence-electron chi connectivity index (χ2n) is 6.31. The van der Waals surface area contributed by atoms with Crippen molar-refractivity contribution < 1.29 is 14.3 Å². The van der Waals surface area contributed by atoms with E-state index in [0.717, 1.165) is 27.2 Å². The summed E-state index contributed by atoms with van der Waals surface area (Å²) in [4.78, 5) is 26.6. The molecule has 142 valence electrons. The van der Waals surface area contributed by atoms with Crippen molar-refractivity contribution in [1.82, 2.24) is 4.90 Å². The minimum atomic E-state index is -0.442. The number of carbonyl (C=O) groups excluding carboxylic acids is 2. The SMILES string of the molecule is CNc1c(Br)cccc1NC1CCC(=O)N(Cc2ccc(OC)cc2)C1=O. The fourth-order valence-corrected chi connectivity index (χ4v) is 3.70. The number of carbonyl (C=O) groups is 2. The van der Waals surface area contributed by atoms with Gasteiger partial charge in [-0.2, -0.15) is 0 Å². The van der Waals surface area contributed by atoms with E-state index in [0.29, 0.717) is 12.8 Å². The number of nitrogens with zero attached hydrogens (tertiary/aromatic N) is 1. The molecule has 2 aromatic carbocycles. The van der Waals surface area contributed by atoms with Gasteiger partial charge in [-0.05, 0) is 52.2 Å². The van der Waals surface area contributed by atoms with Crippen molar-refractivity contribution >= 4 is 39.1 Å². The summed E-state index contributed by atoms with van der Waals surface area (Å²) < 4.78 is 6.06. The van der Waals surface area contributed by atoms with E-state index >= 15 is 0 Å². The number of hydrogen-bond acceptors (Lipinski definition) is 5. The van der Waals surface area contributed by atoms with Crippen LogP contribution in [0.5, 0.6) is 5.75 Å². The fraction of sp³-hybridized carbons (Fsp3) is 0.300. The van der Waals surface area contributed by atoms with Gasteiger partial charge in [0.1, 0.15) is 11.8 Å². The van der Waals surface area contributed by atoms with Crippen LogP contribution >= 0.6 is 15.9 Å². The molecule has 1 heterocycles. The molecular weight excluding hydrogens is 410 g/mol. The molecule has 0 aliphatic carbocycles. The zero-order valence-electron chi connectivity index (χ0n) is 15.3. The number of hydrogen-bond donors (Lipinski definition) is 2. The molecule has 2 N–H and O–H groups in total. The molecule has 1 saturated heterocycles. The van der Waals surface area contributed by atoms with Crippen LogP contribution in [0.4, 0.5) is 11.4 Å². The Bertz CT molecular complexity index is 839. The predicted octanol–water partition coefficient (Wildman–Crippen LogP) is 3.63. The third-order valence-corrected chi connectivity index (χ3v) is 5.27. The second kappa shape index (κ2) is 8.43. The van der Waals surface area contributed by atoms with Crippen LogP contribution in [0, 0.1) is 0 Å². The van der Waals surface area contributed by atoms with Gasteiger partial charge < -0.3 is 15.4 Å². The molecule has 0 spiro atoms. The first-order valence-corrected chi connectivity index (χ1v) is 9.52. The number of nitrogens with one attached hydrogen (secondary N) is 2. The van der Waals surface area contributed by atoms with Gasteiger partial charge in [0.15, 0.2) is 0 Å². The monoisotopic (exact) mass is 431 g/mol. The van der Waals surface area contributed by atoms with Gasteiger partial charge in [0.25, 0.3) is 5.91 Å². The molecule has 27 heavy (non-hydrogen) atoms. The smallest absolute Gasteiger partial charge is 0.251 e. The van der Waals surface area contributed by atoms with Gasteiger partial charge >= 0.3 is 0 Å². The van der Waals surface area contributed by atoms with Crippen molar-refractivity contribution in [2.24, 2.45) is 0 Å². The van der Waals surface area contributed by atoms with Gasteiger partial charge in [-0.15, -0.1) is 0 Å². The maximum atomic E-state index is 12.9. The number of rotatable bonds is 6. The van der Waals surface area contributed by atoms with E-state index in [4.69, 9.17) is 4.74 Å². The molecule has 1 unspecified atom stereocenters. The largest absolute Gasteiger partial charge is 0.497 e. The summed E-state index contributed by atoms with van der Waals surface area (Å²) in [6, 6.07) is 12.7. The summed E-state index contributed by atoms with van der Waals surface area (Å²) in [5.41, 5.74) is 2.59. The summed E-state index contributed by atoms with van der Waals surface area (Å²) in [6.07, 6.45) is 0.814. The van der Waals surface area contributed by atoms with E-state index in [1.54, 1.807) is 7.11 Å². The number of piperidine rings is 1. The van der Waals surface area contributed by atoms with Crippen molar-refractivity contribution in [1.29, 1.82) is 0 Å². The van der Waals surface area contributed by atoms with Gasteiger partial charge in [-0.25, -0.2) is 0 Å². The van der Waals surface area contributed by atoms with Gasteiger partial charge in [-0.1, -0.05) is 18.2 Å². The van der Waals surface area contributed by atoms with Crippen LogP contribution < -0.4 is 15.4 Å². The fourth-order valence-electron chi connectivity index (χ4n) is 3.14. The van der Waals surface area contributed by atoms with Crippen LogP contribution in [0.25, 0.3) is 0 Å². The van der Waals surface area contributed by atoms with E-state index < -0.39 is 6.04 Å². The number of imide groups is 1. The minimum absolute atomic E-state index is 0.142. The Morgan fingerprint density at radius 1 is 1.19 bits per heavy atom. The highest BCUT2D eigenvalue weighted by atomic mass is 79.9. The number of amides is 2. The summed E-state index contributed by atoms with van der Waals surface area (Å²) in [6.45, 7) is 0.261. The van der Waals surface area contributed by atoms with Crippen LogP contribution in [0.2, 0.25) is 0 Å². The Balaban J connectivity index is 1.76. The van der Waals surface area contributed by atoms with Gasteiger partial charge in [0, 0.05) is 17.9 Å². The summed E-state index contributed by atoms with van der Waals surface area (Å²) in [5, 5.41) is 6.42. The third-order valence-electron chi connectivity index (χ3n) is 4.61. The summed E-state index contributed by atoms with van der Waals surface area (Å²) >= 11 is 3.50. The predicted molar refractivity (Wildman–Crippen MR) is 109 cm³/mol. The summed E-state index contributed by atoms with van der Waals surface area (Å²) in [7, 11) is 3.43. The van der Waals surface area contributed by atoms with Crippen LogP contribution in [-0.2, 0) is 16.1 Å². The van der Waals surface area contributed by atoms with Crippen LogP contribution in [-0.4, -0.2) is 36.9 Å². The van der Waals surface area contributed by atoms with Crippen molar-refractivity contribution in [2.75, 3.05) is 24.8 Å².